The van der Waals surface area contributed by atoms with Gasteiger partial charge in [0.15, 0.2) is 5.96 Å². The molecule has 0 bridgehead atoms. The molecule has 1 amide bonds. The molecule has 0 heterocycles. The fourth-order valence-corrected chi connectivity index (χ4v) is 3.57. The molecule has 0 aliphatic heterocycles. The summed E-state index contributed by atoms with van der Waals surface area (Å²) >= 11 is 0. The summed E-state index contributed by atoms with van der Waals surface area (Å²) in [6, 6.07) is 7.85. The van der Waals surface area contributed by atoms with Crippen molar-refractivity contribution >= 4 is 17.7 Å². The molecule has 0 saturated heterocycles. The molecular weight excluding hydrogens is 352 g/mol. The molecule has 2 fully saturated rings. The van der Waals surface area contributed by atoms with Gasteiger partial charge in [-0.05, 0) is 81.9 Å². The zero-order valence-electron chi connectivity index (χ0n) is 17.6. The lowest BCUT2D eigenvalue weighted by atomic mass is 10.0. The van der Waals surface area contributed by atoms with Crippen LogP contribution in [0.5, 0.6) is 0 Å². The lowest BCUT2D eigenvalue weighted by Crippen LogP contribution is -2.41. The second-order valence-electron chi connectivity index (χ2n) is 9.06. The number of rotatable bonds is 7. The molecule has 1 aromatic carbocycles. The highest BCUT2D eigenvalue weighted by Gasteiger charge is 2.53. The van der Waals surface area contributed by atoms with Crippen LogP contribution in [0.15, 0.2) is 29.3 Å². The largest absolute Gasteiger partial charge is 0.444 e. The zero-order chi connectivity index (χ0) is 20.2. The first-order chi connectivity index (χ1) is 13.3. The highest BCUT2D eigenvalue weighted by atomic mass is 16.6. The topological polar surface area (TPSA) is 74.8 Å². The monoisotopic (exact) mass is 386 g/mol. The van der Waals surface area contributed by atoms with E-state index >= 15 is 0 Å². The number of benzene rings is 1. The number of guanidine groups is 1. The Balaban J connectivity index is 1.37. The first-order valence-electron chi connectivity index (χ1n) is 10.3. The van der Waals surface area contributed by atoms with E-state index in [1.165, 1.54) is 31.2 Å². The van der Waals surface area contributed by atoms with Crippen molar-refractivity contribution < 1.29 is 9.53 Å². The van der Waals surface area contributed by atoms with Gasteiger partial charge in [0.05, 0.1) is 0 Å². The van der Waals surface area contributed by atoms with Gasteiger partial charge in [0, 0.05) is 25.8 Å². The summed E-state index contributed by atoms with van der Waals surface area (Å²) in [6.07, 6.45) is 6.01. The lowest BCUT2D eigenvalue weighted by molar-refractivity contribution is 0.0636. The quantitative estimate of drug-likeness (QED) is 0.490. The van der Waals surface area contributed by atoms with Crippen LogP contribution < -0.4 is 16.0 Å². The van der Waals surface area contributed by atoms with Crippen LogP contribution in [0.3, 0.4) is 0 Å². The molecule has 0 aromatic heterocycles. The van der Waals surface area contributed by atoms with Gasteiger partial charge < -0.3 is 15.4 Å². The van der Waals surface area contributed by atoms with Gasteiger partial charge in [-0.25, -0.2) is 4.79 Å². The summed E-state index contributed by atoms with van der Waals surface area (Å²) in [5.74, 6) is 1.83. The second kappa shape index (κ2) is 8.41. The van der Waals surface area contributed by atoms with Crippen molar-refractivity contribution in [2.45, 2.75) is 58.5 Å². The first-order valence-corrected chi connectivity index (χ1v) is 10.3. The van der Waals surface area contributed by atoms with E-state index in [9.17, 15) is 4.79 Å². The number of aliphatic imine (C=N–C) groups is 1. The molecule has 1 aromatic rings. The van der Waals surface area contributed by atoms with Crippen LogP contribution >= 0.6 is 0 Å². The van der Waals surface area contributed by atoms with Crippen LogP contribution in [0, 0.1) is 11.3 Å². The van der Waals surface area contributed by atoms with Gasteiger partial charge in [0.1, 0.15) is 5.60 Å². The van der Waals surface area contributed by atoms with Crippen molar-refractivity contribution in [2.75, 3.05) is 25.5 Å². The van der Waals surface area contributed by atoms with Crippen LogP contribution in [0.25, 0.3) is 0 Å². The Hall–Kier alpha value is -2.24. The minimum Gasteiger partial charge on any atom is -0.444 e. The number of hydrogen-bond acceptors (Lipinski definition) is 3. The number of nitrogens with zero attached hydrogens (tertiary/aromatic N) is 1. The molecule has 0 spiro atoms. The Labute approximate surface area is 168 Å². The number of anilines is 1. The average molecular weight is 387 g/mol. The fraction of sp³-hybridized carbons (Fsp3) is 0.636. The maximum Gasteiger partial charge on any atom is 0.412 e. The van der Waals surface area contributed by atoms with Gasteiger partial charge >= 0.3 is 6.09 Å². The molecule has 3 rings (SSSR count). The van der Waals surface area contributed by atoms with E-state index in [1.54, 1.807) is 0 Å². The van der Waals surface area contributed by atoms with Crippen molar-refractivity contribution in [3.05, 3.63) is 29.8 Å². The molecule has 6 nitrogen and oxygen atoms in total. The molecule has 154 valence electrons. The summed E-state index contributed by atoms with van der Waals surface area (Å²) in [6.45, 7) is 7.41. The molecular formula is C22H34N4O2. The van der Waals surface area contributed by atoms with Gasteiger partial charge in [-0.3, -0.25) is 10.3 Å². The lowest BCUT2D eigenvalue weighted by Gasteiger charge is -2.19. The van der Waals surface area contributed by atoms with Crippen molar-refractivity contribution in [1.82, 2.24) is 10.6 Å². The van der Waals surface area contributed by atoms with Crippen molar-refractivity contribution in [1.29, 1.82) is 0 Å². The predicted octanol–water partition coefficient (Wildman–Crippen LogP) is 3.93. The van der Waals surface area contributed by atoms with Crippen molar-refractivity contribution in [3.8, 4) is 0 Å². The highest BCUT2D eigenvalue weighted by Crippen LogP contribution is 2.60. The van der Waals surface area contributed by atoms with E-state index in [2.05, 4.69) is 20.9 Å². The summed E-state index contributed by atoms with van der Waals surface area (Å²) in [5, 5.41) is 9.66. The standard InChI is InChI=1S/C22H34N4O2/c1-21(2,3)28-20(27)26-18-9-5-16(6-10-18)11-14-24-19(23-4)25-15-22(12-13-22)17-7-8-17/h5-6,9-10,17H,7-8,11-15H2,1-4H3,(H,26,27)(H2,23,24,25). The van der Waals surface area contributed by atoms with E-state index < -0.39 is 11.7 Å². The minimum atomic E-state index is -0.500. The molecule has 2 aliphatic rings. The summed E-state index contributed by atoms with van der Waals surface area (Å²) in [4.78, 5) is 16.2. The molecule has 6 heteroatoms. The predicted molar refractivity (Wildman–Crippen MR) is 114 cm³/mol. The molecule has 0 atom stereocenters. The number of carbonyl (C=O) groups is 1. The Morgan fingerprint density at radius 1 is 1.18 bits per heavy atom. The Morgan fingerprint density at radius 3 is 2.39 bits per heavy atom. The van der Waals surface area contributed by atoms with Gasteiger partial charge in [-0.2, -0.15) is 0 Å². The van der Waals surface area contributed by atoms with Crippen LogP contribution in [0.2, 0.25) is 0 Å². The van der Waals surface area contributed by atoms with E-state index in [1.807, 2.05) is 52.1 Å². The summed E-state index contributed by atoms with van der Waals surface area (Å²) in [5.41, 5.74) is 2.00. The Bertz CT molecular complexity index is 698. The molecule has 0 unspecified atom stereocenters. The maximum atomic E-state index is 11.8. The molecule has 3 N–H and O–H groups in total. The number of ether oxygens (including phenoxy) is 1. The van der Waals surface area contributed by atoms with Crippen LogP contribution in [0.1, 0.15) is 52.0 Å². The molecule has 2 saturated carbocycles. The van der Waals surface area contributed by atoms with Crippen LogP contribution in [-0.4, -0.2) is 37.8 Å². The second-order valence-corrected chi connectivity index (χ2v) is 9.06. The third kappa shape index (κ3) is 6.14. The Kier molecular flexibility index (Phi) is 6.16. The maximum absolute atomic E-state index is 11.8. The number of nitrogens with one attached hydrogen (secondary N) is 3. The SMILES string of the molecule is CN=C(NCCc1ccc(NC(=O)OC(C)(C)C)cc1)NCC1(C2CC2)CC1. The molecule has 28 heavy (non-hydrogen) atoms. The third-order valence-electron chi connectivity index (χ3n) is 5.47. The smallest absolute Gasteiger partial charge is 0.412 e. The van der Waals surface area contributed by atoms with E-state index in [4.69, 9.17) is 4.74 Å². The summed E-state index contributed by atoms with van der Waals surface area (Å²) < 4.78 is 5.27. The highest BCUT2D eigenvalue weighted by molar-refractivity contribution is 5.84. The minimum absolute atomic E-state index is 0.434. The average Bonchev–Trinajstić information content (AvgIpc) is 3.51. The normalized spacial score (nSPS) is 18.4. The van der Waals surface area contributed by atoms with E-state index in [-0.39, 0.29) is 0 Å². The number of hydrogen-bond donors (Lipinski definition) is 3. The number of amides is 1. The van der Waals surface area contributed by atoms with Gasteiger partial charge in [-0.1, -0.05) is 12.1 Å². The van der Waals surface area contributed by atoms with Crippen LogP contribution in [-0.2, 0) is 11.2 Å². The third-order valence-corrected chi connectivity index (χ3v) is 5.47. The summed E-state index contributed by atoms with van der Waals surface area (Å²) in [7, 11) is 1.82. The Morgan fingerprint density at radius 2 is 1.86 bits per heavy atom. The molecule has 0 radical (unpaired) electrons. The first kappa shape index (κ1) is 20.5. The van der Waals surface area contributed by atoms with Crippen molar-refractivity contribution in [3.63, 3.8) is 0 Å². The zero-order valence-corrected chi connectivity index (χ0v) is 17.6. The van der Waals surface area contributed by atoms with E-state index in [0.717, 1.165) is 37.1 Å². The molecule has 2 aliphatic carbocycles. The van der Waals surface area contributed by atoms with E-state index in [0.29, 0.717) is 5.41 Å². The van der Waals surface area contributed by atoms with Gasteiger partial charge in [0.2, 0.25) is 0 Å². The van der Waals surface area contributed by atoms with Gasteiger partial charge in [-0.15, -0.1) is 0 Å². The van der Waals surface area contributed by atoms with Gasteiger partial charge in [0.25, 0.3) is 0 Å². The number of carbonyl (C=O) groups excluding carboxylic acids is 1. The van der Waals surface area contributed by atoms with Crippen LogP contribution in [0.4, 0.5) is 10.5 Å². The fourth-order valence-electron chi connectivity index (χ4n) is 3.57. The van der Waals surface area contributed by atoms with Crippen molar-refractivity contribution in [2.24, 2.45) is 16.3 Å².